The molecule has 1 amide bonds. The minimum Gasteiger partial charge on any atom is -0.379 e. The van der Waals surface area contributed by atoms with Crippen LogP contribution in [0.25, 0.3) is 0 Å². The molecular weight excluding hydrogens is 234 g/mol. The molecule has 0 saturated carbocycles. The van der Waals surface area contributed by atoms with Crippen LogP contribution in [0.4, 0.5) is 0 Å². The summed E-state index contributed by atoms with van der Waals surface area (Å²) >= 11 is 3.25. The summed E-state index contributed by atoms with van der Waals surface area (Å²) in [4.78, 5) is 11.3. The van der Waals surface area contributed by atoms with Gasteiger partial charge in [-0.1, -0.05) is 22.9 Å². The van der Waals surface area contributed by atoms with Crippen LogP contribution < -0.4 is 5.32 Å². The SMILES string of the molecule is CCC1(NC(=O)C(C)Br)CCOC1. The summed E-state index contributed by atoms with van der Waals surface area (Å²) in [5.74, 6) is 0.0485. The van der Waals surface area contributed by atoms with Crippen molar-refractivity contribution in [2.24, 2.45) is 0 Å². The Balaban J connectivity index is 2.53. The molecule has 13 heavy (non-hydrogen) atoms. The summed E-state index contributed by atoms with van der Waals surface area (Å²) in [6, 6.07) is 0. The van der Waals surface area contributed by atoms with Crippen LogP contribution in [0, 0.1) is 0 Å². The second kappa shape index (κ2) is 4.42. The van der Waals surface area contributed by atoms with Crippen LogP contribution in [0.5, 0.6) is 0 Å². The summed E-state index contributed by atoms with van der Waals surface area (Å²) in [7, 11) is 0. The minimum atomic E-state index is -0.128. The van der Waals surface area contributed by atoms with E-state index in [9.17, 15) is 4.79 Å². The molecule has 1 aliphatic rings. The summed E-state index contributed by atoms with van der Waals surface area (Å²) < 4.78 is 5.30. The van der Waals surface area contributed by atoms with Crippen molar-refractivity contribution in [3.05, 3.63) is 0 Å². The van der Waals surface area contributed by atoms with E-state index in [0.29, 0.717) is 6.61 Å². The molecule has 0 aromatic carbocycles. The molecule has 0 aliphatic carbocycles. The predicted molar refractivity (Wildman–Crippen MR) is 55.0 cm³/mol. The number of ether oxygens (including phenoxy) is 1. The van der Waals surface area contributed by atoms with Crippen molar-refractivity contribution in [2.75, 3.05) is 13.2 Å². The molecule has 1 heterocycles. The number of hydrogen-bond donors (Lipinski definition) is 1. The van der Waals surface area contributed by atoms with Crippen molar-refractivity contribution in [1.29, 1.82) is 0 Å². The molecular formula is C9H16BrNO2. The monoisotopic (exact) mass is 249 g/mol. The van der Waals surface area contributed by atoms with Crippen LogP contribution in [-0.2, 0) is 9.53 Å². The van der Waals surface area contributed by atoms with Crippen LogP contribution in [0.15, 0.2) is 0 Å². The van der Waals surface area contributed by atoms with Crippen LogP contribution in [-0.4, -0.2) is 29.5 Å². The summed E-state index contributed by atoms with van der Waals surface area (Å²) in [6.07, 6.45) is 1.85. The topological polar surface area (TPSA) is 38.3 Å². The van der Waals surface area contributed by atoms with Gasteiger partial charge in [-0.25, -0.2) is 0 Å². The van der Waals surface area contributed by atoms with Gasteiger partial charge >= 0.3 is 0 Å². The molecule has 0 aromatic rings. The maximum absolute atomic E-state index is 11.4. The fourth-order valence-corrected chi connectivity index (χ4v) is 1.55. The first-order valence-electron chi connectivity index (χ1n) is 4.63. The first kappa shape index (κ1) is 11.0. The van der Waals surface area contributed by atoms with Gasteiger partial charge in [-0.2, -0.15) is 0 Å². The van der Waals surface area contributed by atoms with Crippen molar-refractivity contribution in [3.8, 4) is 0 Å². The van der Waals surface area contributed by atoms with Crippen LogP contribution in [0.1, 0.15) is 26.7 Å². The molecule has 2 unspecified atom stereocenters. The van der Waals surface area contributed by atoms with Gasteiger partial charge in [0.15, 0.2) is 0 Å². The predicted octanol–water partition coefficient (Wildman–Crippen LogP) is 1.46. The number of hydrogen-bond acceptors (Lipinski definition) is 2. The van der Waals surface area contributed by atoms with Crippen molar-refractivity contribution in [3.63, 3.8) is 0 Å². The smallest absolute Gasteiger partial charge is 0.234 e. The van der Waals surface area contributed by atoms with Gasteiger partial charge in [0.05, 0.1) is 17.0 Å². The highest BCUT2D eigenvalue weighted by Gasteiger charge is 2.35. The summed E-state index contributed by atoms with van der Waals surface area (Å²) in [5.41, 5.74) is -0.112. The maximum Gasteiger partial charge on any atom is 0.234 e. The first-order chi connectivity index (χ1) is 6.09. The van der Waals surface area contributed by atoms with Crippen LogP contribution >= 0.6 is 15.9 Å². The Morgan fingerprint density at radius 1 is 1.77 bits per heavy atom. The lowest BCUT2D eigenvalue weighted by molar-refractivity contribution is -0.122. The van der Waals surface area contributed by atoms with Gasteiger partial charge in [0, 0.05) is 6.61 Å². The van der Waals surface area contributed by atoms with E-state index < -0.39 is 0 Å². The Morgan fingerprint density at radius 2 is 2.46 bits per heavy atom. The molecule has 1 aliphatic heterocycles. The number of alkyl halides is 1. The number of rotatable bonds is 3. The van der Waals surface area contributed by atoms with Gasteiger partial charge in [0.2, 0.25) is 5.91 Å². The van der Waals surface area contributed by atoms with Gasteiger partial charge in [0.1, 0.15) is 0 Å². The molecule has 4 heteroatoms. The molecule has 76 valence electrons. The molecule has 2 atom stereocenters. The zero-order valence-corrected chi connectivity index (χ0v) is 9.69. The van der Waals surface area contributed by atoms with Gasteiger partial charge < -0.3 is 10.1 Å². The third-order valence-electron chi connectivity index (χ3n) is 2.53. The van der Waals surface area contributed by atoms with Gasteiger partial charge in [0.25, 0.3) is 0 Å². The summed E-state index contributed by atoms with van der Waals surface area (Å²) in [5, 5.41) is 3.03. The number of carbonyl (C=O) groups is 1. The van der Waals surface area contributed by atoms with E-state index in [1.807, 2.05) is 6.92 Å². The quantitative estimate of drug-likeness (QED) is 0.770. The second-order valence-electron chi connectivity index (χ2n) is 3.54. The standard InChI is InChI=1S/C9H16BrNO2/c1-3-9(4-5-13-6-9)11-8(12)7(2)10/h7H,3-6H2,1-2H3,(H,11,12). The highest BCUT2D eigenvalue weighted by atomic mass is 79.9. The molecule has 1 N–H and O–H groups in total. The van der Waals surface area contributed by atoms with Crippen molar-refractivity contribution in [1.82, 2.24) is 5.32 Å². The fraction of sp³-hybridized carbons (Fsp3) is 0.889. The molecule has 1 rings (SSSR count). The number of carbonyl (C=O) groups excluding carboxylic acids is 1. The maximum atomic E-state index is 11.4. The third kappa shape index (κ3) is 2.68. The average molecular weight is 250 g/mol. The van der Waals surface area contributed by atoms with Crippen molar-refractivity contribution in [2.45, 2.75) is 37.1 Å². The van der Waals surface area contributed by atoms with Crippen LogP contribution in [0.2, 0.25) is 0 Å². The molecule has 0 radical (unpaired) electrons. The van der Waals surface area contributed by atoms with Crippen LogP contribution in [0.3, 0.4) is 0 Å². The Labute approximate surface area is 87.3 Å². The lowest BCUT2D eigenvalue weighted by Crippen LogP contribution is -2.50. The molecule has 1 saturated heterocycles. The minimum absolute atomic E-state index is 0.0485. The Morgan fingerprint density at radius 3 is 2.85 bits per heavy atom. The zero-order valence-electron chi connectivity index (χ0n) is 8.10. The molecule has 1 fully saturated rings. The van der Waals surface area contributed by atoms with E-state index in [-0.39, 0.29) is 16.3 Å². The van der Waals surface area contributed by atoms with Gasteiger partial charge in [-0.05, 0) is 19.8 Å². The summed E-state index contributed by atoms with van der Waals surface area (Å²) in [6.45, 7) is 5.31. The normalized spacial score (nSPS) is 30.1. The third-order valence-corrected chi connectivity index (χ3v) is 2.95. The Kier molecular flexibility index (Phi) is 3.74. The lowest BCUT2D eigenvalue weighted by atomic mass is 9.95. The Bertz CT molecular complexity index is 188. The van der Waals surface area contributed by atoms with E-state index in [2.05, 4.69) is 28.2 Å². The first-order valence-corrected chi connectivity index (χ1v) is 5.55. The highest BCUT2D eigenvalue weighted by molar-refractivity contribution is 9.10. The zero-order chi connectivity index (χ0) is 9.90. The number of halogens is 1. The van der Waals surface area contributed by atoms with Gasteiger partial charge in [-0.3, -0.25) is 4.79 Å². The molecule has 0 bridgehead atoms. The van der Waals surface area contributed by atoms with E-state index in [1.54, 1.807) is 0 Å². The molecule has 0 aromatic heterocycles. The molecule has 3 nitrogen and oxygen atoms in total. The lowest BCUT2D eigenvalue weighted by Gasteiger charge is -2.27. The Hall–Kier alpha value is -0.0900. The average Bonchev–Trinajstić information content (AvgIpc) is 2.54. The van der Waals surface area contributed by atoms with E-state index >= 15 is 0 Å². The van der Waals surface area contributed by atoms with Gasteiger partial charge in [-0.15, -0.1) is 0 Å². The largest absolute Gasteiger partial charge is 0.379 e. The van der Waals surface area contributed by atoms with Crippen molar-refractivity contribution >= 4 is 21.8 Å². The van der Waals surface area contributed by atoms with E-state index in [0.717, 1.165) is 19.4 Å². The number of nitrogens with one attached hydrogen (secondary N) is 1. The number of amides is 1. The molecule has 0 spiro atoms. The fourth-order valence-electron chi connectivity index (χ4n) is 1.43. The van der Waals surface area contributed by atoms with E-state index in [1.165, 1.54) is 0 Å². The van der Waals surface area contributed by atoms with Crippen molar-refractivity contribution < 1.29 is 9.53 Å². The van der Waals surface area contributed by atoms with E-state index in [4.69, 9.17) is 4.74 Å². The highest BCUT2D eigenvalue weighted by Crippen LogP contribution is 2.22. The second-order valence-corrected chi connectivity index (χ2v) is 4.92.